The highest BCUT2D eigenvalue weighted by Gasteiger charge is 2.17. The van der Waals surface area contributed by atoms with Crippen LogP contribution in [0.15, 0.2) is 106 Å². The minimum atomic E-state index is 0.825. The highest BCUT2D eigenvalue weighted by atomic mass is 16.4. The van der Waals surface area contributed by atoms with Crippen LogP contribution in [0.5, 0.6) is 0 Å². The zero-order chi connectivity index (χ0) is 32.7. The maximum atomic E-state index is 6.48. The normalized spacial score (nSPS) is 11.9. The predicted molar refractivity (Wildman–Crippen MR) is 206 cm³/mol. The van der Waals surface area contributed by atoms with Gasteiger partial charge < -0.3 is 8.83 Å². The number of hydrogen-bond acceptors (Lipinski definition) is 2. The first-order chi connectivity index (χ1) is 23.7. The summed E-state index contributed by atoms with van der Waals surface area (Å²) in [4.78, 5) is 0. The Labute approximate surface area is 286 Å². The van der Waals surface area contributed by atoms with Crippen molar-refractivity contribution in [2.24, 2.45) is 0 Å². The molecule has 2 heterocycles. The Bertz CT molecular complexity index is 1940. The Kier molecular flexibility index (Phi) is 10.3. The van der Waals surface area contributed by atoms with Gasteiger partial charge in [0.1, 0.15) is 11.2 Å². The molecule has 0 saturated carbocycles. The van der Waals surface area contributed by atoms with Gasteiger partial charge in [0.2, 0.25) is 0 Å². The minimum Gasteiger partial charge on any atom is -0.452 e. The standard InChI is InChI=1S/C46H50O2/c1-3-5-7-9-11-13-15-33-17-21-35(22-18-33)37-25-29-43-41(31-37)39-27-28-40-42-32-38(26-30-44(42)48-46(40)45(39)47-43)36-23-19-34(20-24-36)16-14-12-10-8-6-4-2/h17-32H,3-16H2,1-2H3. The highest BCUT2D eigenvalue weighted by Crippen LogP contribution is 2.40. The van der Waals surface area contributed by atoms with Crippen molar-refractivity contribution in [2.45, 2.75) is 104 Å². The van der Waals surface area contributed by atoms with Gasteiger partial charge in [-0.25, -0.2) is 0 Å². The summed E-state index contributed by atoms with van der Waals surface area (Å²) in [5.74, 6) is 0. The van der Waals surface area contributed by atoms with Crippen LogP contribution >= 0.6 is 0 Å². The van der Waals surface area contributed by atoms with Crippen molar-refractivity contribution >= 4 is 43.9 Å². The number of rotatable bonds is 16. The van der Waals surface area contributed by atoms with E-state index < -0.39 is 0 Å². The largest absolute Gasteiger partial charge is 0.452 e. The third kappa shape index (κ3) is 7.09. The highest BCUT2D eigenvalue weighted by molar-refractivity contribution is 6.19. The topological polar surface area (TPSA) is 26.3 Å². The first-order valence-corrected chi connectivity index (χ1v) is 18.7. The summed E-state index contributed by atoms with van der Waals surface area (Å²) in [6.07, 6.45) is 18.4. The van der Waals surface area contributed by atoms with Crippen LogP contribution < -0.4 is 0 Å². The van der Waals surface area contributed by atoms with Crippen LogP contribution in [-0.2, 0) is 12.8 Å². The van der Waals surface area contributed by atoms with Crippen molar-refractivity contribution in [3.63, 3.8) is 0 Å². The molecule has 0 radical (unpaired) electrons. The lowest BCUT2D eigenvalue weighted by Crippen LogP contribution is -1.87. The zero-order valence-electron chi connectivity index (χ0n) is 29.0. The van der Waals surface area contributed by atoms with Gasteiger partial charge in [-0.3, -0.25) is 0 Å². The molecule has 0 fully saturated rings. The SMILES string of the molecule is CCCCCCCCc1ccc(-c2ccc3oc4c(ccc5c6cc(-c7ccc(CCCCCCCC)cc7)ccc6oc54)c3c2)cc1. The van der Waals surface area contributed by atoms with Crippen LogP contribution in [0.4, 0.5) is 0 Å². The summed E-state index contributed by atoms with van der Waals surface area (Å²) in [5.41, 5.74) is 11.2. The lowest BCUT2D eigenvalue weighted by atomic mass is 9.98. The van der Waals surface area contributed by atoms with Gasteiger partial charge in [0, 0.05) is 21.5 Å². The number of hydrogen-bond donors (Lipinski definition) is 0. The van der Waals surface area contributed by atoms with Gasteiger partial charge in [-0.15, -0.1) is 0 Å². The molecule has 0 amide bonds. The van der Waals surface area contributed by atoms with Gasteiger partial charge in [-0.2, -0.15) is 0 Å². The minimum absolute atomic E-state index is 0.825. The molecule has 0 unspecified atom stereocenters. The van der Waals surface area contributed by atoms with Gasteiger partial charge in [0.15, 0.2) is 11.2 Å². The molecular formula is C46H50O2. The van der Waals surface area contributed by atoms with E-state index in [4.69, 9.17) is 8.83 Å². The fourth-order valence-corrected chi connectivity index (χ4v) is 7.37. The van der Waals surface area contributed by atoms with Crippen LogP contribution in [0.1, 0.15) is 102 Å². The molecule has 0 aliphatic rings. The molecule has 0 aliphatic carbocycles. The number of fused-ring (bicyclic) bond motifs is 7. The average Bonchev–Trinajstić information content (AvgIpc) is 3.69. The summed E-state index contributed by atoms with van der Waals surface area (Å²) in [5, 5.41) is 4.45. The van der Waals surface area contributed by atoms with E-state index in [2.05, 4.69) is 111 Å². The second-order valence-electron chi connectivity index (χ2n) is 13.9. The molecule has 48 heavy (non-hydrogen) atoms. The molecule has 2 heteroatoms. The smallest absolute Gasteiger partial charge is 0.178 e. The Balaban J connectivity index is 1.09. The first kappa shape index (κ1) is 32.3. The van der Waals surface area contributed by atoms with Crippen LogP contribution in [0.3, 0.4) is 0 Å². The van der Waals surface area contributed by atoms with Gasteiger partial charge >= 0.3 is 0 Å². The fourth-order valence-electron chi connectivity index (χ4n) is 7.37. The van der Waals surface area contributed by atoms with E-state index in [0.717, 1.165) is 43.9 Å². The molecule has 0 spiro atoms. The number of unbranched alkanes of at least 4 members (excludes halogenated alkanes) is 10. The lowest BCUT2D eigenvalue weighted by Gasteiger charge is -2.06. The number of aryl methyl sites for hydroxylation is 2. The molecule has 7 aromatic rings. The molecule has 0 aliphatic heterocycles. The van der Waals surface area contributed by atoms with Crippen molar-refractivity contribution in [2.75, 3.05) is 0 Å². The van der Waals surface area contributed by atoms with Crippen molar-refractivity contribution < 1.29 is 8.83 Å². The van der Waals surface area contributed by atoms with E-state index in [9.17, 15) is 0 Å². The first-order valence-electron chi connectivity index (χ1n) is 18.7. The Morgan fingerprint density at radius 1 is 0.354 bits per heavy atom. The van der Waals surface area contributed by atoms with Crippen molar-refractivity contribution in [1.82, 2.24) is 0 Å². The molecule has 2 nitrogen and oxygen atoms in total. The fraction of sp³-hybridized carbons (Fsp3) is 0.348. The summed E-state index contributed by atoms with van der Waals surface area (Å²) in [7, 11) is 0. The van der Waals surface area contributed by atoms with Crippen LogP contribution in [0, 0.1) is 0 Å². The monoisotopic (exact) mass is 634 g/mol. The van der Waals surface area contributed by atoms with Crippen molar-refractivity contribution in [1.29, 1.82) is 0 Å². The van der Waals surface area contributed by atoms with Gasteiger partial charge in [-0.1, -0.05) is 139 Å². The van der Waals surface area contributed by atoms with Gasteiger partial charge in [0.25, 0.3) is 0 Å². The summed E-state index contributed by atoms with van der Waals surface area (Å²) < 4.78 is 13.0. The molecule has 0 saturated heterocycles. The third-order valence-corrected chi connectivity index (χ3v) is 10.3. The summed E-state index contributed by atoms with van der Waals surface area (Å²) in [6.45, 7) is 4.55. The molecule has 0 atom stereocenters. The molecular weight excluding hydrogens is 585 g/mol. The Hall–Kier alpha value is -4.30. The van der Waals surface area contributed by atoms with Gasteiger partial charge in [-0.05, 0) is 95.5 Å². The van der Waals surface area contributed by atoms with Crippen molar-refractivity contribution in [3.05, 3.63) is 108 Å². The van der Waals surface area contributed by atoms with E-state index in [0.29, 0.717) is 0 Å². The lowest BCUT2D eigenvalue weighted by molar-refractivity contribution is 0.607. The van der Waals surface area contributed by atoms with Crippen molar-refractivity contribution in [3.8, 4) is 22.3 Å². The van der Waals surface area contributed by atoms with Crippen LogP contribution in [-0.4, -0.2) is 0 Å². The van der Waals surface area contributed by atoms with E-state index >= 15 is 0 Å². The number of benzene rings is 5. The third-order valence-electron chi connectivity index (χ3n) is 10.3. The maximum absolute atomic E-state index is 6.48. The van der Waals surface area contributed by atoms with E-state index in [-0.39, 0.29) is 0 Å². The molecule has 2 aromatic heterocycles. The molecule has 7 rings (SSSR count). The molecule has 0 bridgehead atoms. The number of furan rings is 2. The molecule has 5 aromatic carbocycles. The van der Waals surface area contributed by atoms with E-state index in [1.54, 1.807) is 0 Å². The van der Waals surface area contributed by atoms with Gasteiger partial charge in [0.05, 0.1) is 0 Å². The Morgan fingerprint density at radius 3 is 1.15 bits per heavy atom. The second kappa shape index (κ2) is 15.3. The molecule has 246 valence electrons. The Morgan fingerprint density at radius 2 is 0.729 bits per heavy atom. The van der Waals surface area contributed by atoms with E-state index in [1.807, 2.05) is 0 Å². The summed E-state index contributed by atoms with van der Waals surface area (Å²) in [6, 6.07) is 35.8. The predicted octanol–water partition coefficient (Wildman–Crippen LogP) is 14.6. The van der Waals surface area contributed by atoms with Crippen LogP contribution in [0.25, 0.3) is 66.1 Å². The van der Waals surface area contributed by atoms with Crippen LogP contribution in [0.2, 0.25) is 0 Å². The zero-order valence-corrected chi connectivity index (χ0v) is 29.0. The average molecular weight is 635 g/mol. The second-order valence-corrected chi connectivity index (χ2v) is 13.9. The maximum Gasteiger partial charge on any atom is 0.178 e. The molecule has 0 N–H and O–H groups in total. The quantitative estimate of drug-likeness (QED) is 0.0989. The van der Waals surface area contributed by atoms with E-state index in [1.165, 1.54) is 123 Å². The summed E-state index contributed by atoms with van der Waals surface area (Å²) >= 11 is 0.